The average molecular weight is 582 g/mol. The van der Waals surface area contributed by atoms with Gasteiger partial charge in [0, 0.05) is 60.2 Å². The summed E-state index contributed by atoms with van der Waals surface area (Å²) in [4.78, 5) is 27.8. The smallest absolute Gasteiger partial charge is 0.231 e. The first-order chi connectivity index (χ1) is 21.1. The summed E-state index contributed by atoms with van der Waals surface area (Å²) in [6.45, 7) is 4.34. The first-order valence-electron chi connectivity index (χ1n) is 14.3. The van der Waals surface area contributed by atoms with Crippen molar-refractivity contribution in [3.05, 3.63) is 77.7 Å². The first-order valence-corrected chi connectivity index (χ1v) is 14.3. The third-order valence-electron chi connectivity index (χ3n) is 7.68. The summed E-state index contributed by atoms with van der Waals surface area (Å²) >= 11 is 0. The number of fused-ring (bicyclic) bond motifs is 3. The normalized spacial score (nSPS) is 12.6. The second-order valence-corrected chi connectivity index (χ2v) is 10.4. The Balaban J connectivity index is 1.22. The van der Waals surface area contributed by atoms with Gasteiger partial charge in [-0.2, -0.15) is 0 Å². The van der Waals surface area contributed by atoms with E-state index in [-0.39, 0.29) is 5.91 Å². The van der Waals surface area contributed by atoms with Gasteiger partial charge in [-0.25, -0.2) is 9.97 Å². The summed E-state index contributed by atoms with van der Waals surface area (Å²) in [5.41, 5.74) is 6.81. The number of aromatic amines is 1. The van der Waals surface area contributed by atoms with Crippen molar-refractivity contribution in [1.29, 1.82) is 0 Å². The molecule has 1 amide bonds. The zero-order chi connectivity index (χ0) is 29.8. The first kappa shape index (κ1) is 28.4. The minimum atomic E-state index is 0.0960. The van der Waals surface area contributed by atoms with Crippen LogP contribution < -0.4 is 19.7 Å². The molecule has 0 spiro atoms. The highest BCUT2D eigenvalue weighted by atomic mass is 16.5. The van der Waals surface area contributed by atoms with Crippen LogP contribution in [0.4, 0.5) is 17.2 Å². The van der Waals surface area contributed by atoms with Crippen molar-refractivity contribution < 1.29 is 23.7 Å². The number of ether oxygens (including phenoxy) is 4. The number of nitrogens with zero attached hydrogens (tertiary/aromatic N) is 3. The van der Waals surface area contributed by atoms with Crippen LogP contribution in [0.3, 0.4) is 0 Å². The molecule has 10 nitrogen and oxygen atoms in total. The Hall–Kier alpha value is -4.67. The fourth-order valence-corrected chi connectivity index (χ4v) is 5.54. The van der Waals surface area contributed by atoms with Crippen molar-refractivity contribution in [2.24, 2.45) is 0 Å². The molecule has 43 heavy (non-hydrogen) atoms. The van der Waals surface area contributed by atoms with Crippen LogP contribution in [0.2, 0.25) is 0 Å². The number of amides is 1. The minimum absolute atomic E-state index is 0.0960. The second kappa shape index (κ2) is 12.7. The van der Waals surface area contributed by atoms with E-state index in [2.05, 4.69) is 32.4 Å². The number of aryl methyl sites for hydroxylation is 1. The van der Waals surface area contributed by atoms with E-state index in [1.165, 1.54) is 6.33 Å². The molecule has 0 bridgehead atoms. The molecule has 1 aliphatic rings. The summed E-state index contributed by atoms with van der Waals surface area (Å²) in [5, 5.41) is 5.35. The number of anilines is 3. The summed E-state index contributed by atoms with van der Waals surface area (Å²) in [6, 6.07) is 17.9. The number of carbonyl (C=O) groups is 1. The van der Waals surface area contributed by atoms with Gasteiger partial charge in [0.25, 0.3) is 0 Å². The topological polar surface area (TPSA) is 111 Å². The maximum Gasteiger partial charge on any atom is 0.231 e. The van der Waals surface area contributed by atoms with Crippen molar-refractivity contribution in [3.63, 3.8) is 0 Å². The number of methoxy groups -OCH3 is 2. The highest BCUT2D eigenvalue weighted by molar-refractivity contribution is 6.00. The number of benzene rings is 3. The second-order valence-electron chi connectivity index (χ2n) is 10.4. The van der Waals surface area contributed by atoms with Gasteiger partial charge in [0.15, 0.2) is 11.5 Å². The van der Waals surface area contributed by atoms with Crippen LogP contribution in [0.5, 0.6) is 11.5 Å². The average Bonchev–Trinajstić information content (AvgIpc) is 3.58. The van der Waals surface area contributed by atoms with Gasteiger partial charge >= 0.3 is 0 Å². The predicted octanol–water partition coefficient (Wildman–Crippen LogP) is 5.35. The lowest BCUT2D eigenvalue weighted by Crippen LogP contribution is -2.30. The standard InChI is InChI=1S/C33H35N5O5/c1-21-25(24-6-4-5-7-27(24)36-21)18-32(39)38-11-10-22-16-23(8-9-29(22)38)37-33-26-17-30(42-14-12-40-2)31(43-15-13-41-3)19-28(26)34-20-35-33/h4-9,16-17,19-20,36H,10-15,18H2,1-3H3,(H,34,35,37). The fraction of sp³-hybridized carbons (Fsp3) is 0.303. The molecule has 3 heterocycles. The SMILES string of the molecule is COCCOc1cc2ncnc(Nc3ccc4c(c3)CCN4C(=O)Cc3c(C)[nH]c4ccccc34)c2cc1OCCOC. The number of para-hydroxylation sites is 1. The molecule has 0 saturated carbocycles. The maximum atomic E-state index is 13.5. The number of aromatic nitrogens is 3. The molecule has 10 heteroatoms. The van der Waals surface area contributed by atoms with Gasteiger partial charge in [-0.15, -0.1) is 0 Å². The van der Waals surface area contributed by atoms with Crippen molar-refractivity contribution in [1.82, 2.24) is 15.0 Å². The number of hydrogen-bond donors (Lipinski definition) is 2. The molecular weight excluding hydrogens is 546 g/mol. The van der Waals surface area contributed by atoms with Gasteiger partial charge < -0.3 is 34.1 Å². The summed E-state index contributed by atoms with van der Waals surface area (Å²) in [6.07, 6.45) is 2.66. The Morgan fingerprint density at radius 2 is 1.70 bits per heavy atom. The van der Waals surface area contributed by atoms with Gasteiger partial charge in [-0.3, -0.25) is 4.79 Å². The van der Waals surface area contributed by atoms with Crippen LogP contribution in [0.15, 0.2) is 60.9 Å². The fourth-order valence-electron chi connectivity index (χ4n) is 5.54. The molecule has 5 aromatic rings. The molecule has 2 aromatic heterocycles. The van der Waals surface area contributed by atoms with Gasteiger partial charge in [0.2, 0.25) is 5.91 Å². The molecule has 0 saturated heterocycles. The zero-order valence-electron chi connectivity index (χ0n) is 24.6. The maximum absolute atomic E-state index is 13.5. The van der Waals surface area contributed by atoms with E-state index in [0.29, 0.717) is 56.7 Å². The molecule has 0 fully saturated rings. The van der Waals surface area contributed by atoms with Gasteiger partial charge in [-0.1, -0.05) is 18.2 Å². The molecule has 0 unspecified atom stereocenters. The number of H-pyrrole nitrogens is 1. The Kier molecular flexibility index (Phi) is 8.39. The highest BCUT2D eigenvalue weighted by Crippen LogP contribution is 2.37. The number of rotatable bonds is 12. The molecule has 0 atom stereocenters. The monoisotopic (exact) mass is 581 g/mol. The van der Waals surface area contributed by atoms with Gasteiger partial charge in [0.05, 0.1) is 25.2 Å². The van der Waals surface area contributed by atoms with Crippen LogP contribution >= 0.6 is 0 Å². The van der Waals surface area contributed by atoms with Gasteiger partial charge in [-0.05, 0) is 54.8 Å². The van der Waals surface area contributed by atoms with Crippen molar-refractivity contribution in [2.75, 3.05) is 57.4 Å². The van der Waals surface area contributed by atoms with Crippen molar-refractivity contribution in [2.45, 2.75) is 19.8 Å². The highest BCUT2D eigenvalue weighted by Gasteiger charge is 2.26. The molecule has 0 radical (unpaired) electrons. The van der Waals surface area contributed by atoms with E-state index < -0.39 is 0 Å². The molecule has 3 aromatic carbocycles. The van der Waals surface area contributed by atoms with E-state index in [0.717, 1.165) is 56.4 Å². The Morgan fingerprint density at radius 3 is 2.49 bits per heavy atom. The van der Waals surface area contributed by atoms with E-state index >= 15 is 0 Å². The summed E-state index contributed by atoms with van der Waals surface area (Å²) in [7, 11) is 3.26. The third kappa shape index (κ3) is 5.97. The molecule has 1 aliphatic heterocycles. The van der Waals surface area contributed by atoms with E-state index in [1.807, 2.05) is 54.3 Å². The van der Waals surface area contributed by atoms with Crippen LogP contribution in [-0.4, -0.2) is 68.1 Å². The summed E-state index contributed by atoms with van der Waals surface area (Å²) in [5.74, 6) is 1.90. The predicted molar refractivity (Wildman–Crippen MR) is 167 cm³/mol. The molecular formula is C33H35N5O5. The zero-order valence-corrected chi connectivity index (χ0v) is 24.6. The van der Waals surface area contributed by atoms with E-state index in [9.17, 15) is 4.79 Å². The Labute approximate surface area is 249 Å². The summed E-state index contributed by atoms with van der Waals surface area (Å²) < 4.78 is 22.2. The van der Waals surface area contributed by atoms with Crippen molar-refractivity contribution >= 4 is 44.9 Å². The minimum Gasteiger partial charge on any atom is -0.487 e. The lowest BCUT2D eigenvalue weighted by atomic mass is 10.1. The van der Waals surface area contributed by atoms with Gasteiger partial charge in [0.1, 0.15) is 25.4 Å². The van der Waals surface area contributed by atoms with Crippen LogP contribution in [-0.2, 0) is 27.1 Å². The van der Waals surface area contributed by atoms with Crippen molar-refractivity contribution in [3.8, 4) is 11.5 Å². The Morgan fingerprint density at radius 1 is 0.930 bits per heavy atom. The quantitative estimate of drug-likeness (QED) is 0.190. The van der Waals surface area contributed by atoms with Crippen LogP contribution in [0, 0.1) is 6.92 Å². The molecule has 6 rings (SSSR count). The van der Waals surface area contributed by atoms with E-state index in [4.69, 9.17) is 18.9 Å². The van der Waals surface area contributed by atoms with E-state index in [1.54, 1.807) is 14.2 Å². The molecule has 222 valence electrons. The molecule has 0 aliphatic carbocycles. The third-order valence-corrected chi connectivity index (χ3v) is 7.68. The largest absolute Gasteiger partial charge is 0.487 e. The Bertz CT molecular complexity index is 1770. The lowest BCUT2D eigenvalue weighted by molar-refractivity contribution is -0.117. The lowest BCUT2D eigenvalue weighted by Gasteiger charge is -2.18. The number of hydrogen-bond acceptors (Lipinski definition) is 8. The number of nitrogens with one attached hydrogen (secondary N) is 2. The number of carbonyl (C=O) groups excluding carboxylic acids is 1. The van der Waals surface area contributed by atoms with Crippen LogP contribution in [0.1, 0.15) is 16.8 Å². The molecule has 2 N–H and O–H groups in total. The van der Waals surface area contributed by atoms with Crippen LogP contribution in [0.25, 0.3) is 21.8 Å².